The van der Waals surface area contributed by atoms with Gasteiger partial charge in [-0.2, -0.15) is 0 Å². The van der Waals surface area contributed by atoms with E-state index >= 15 is 0 Å². The van der Waals surface area contributed by atoms with E-state index in [1.807, 2.05) is 0 Å². The van der Waals surface area contributed by atoms with Crippen molar-refractivity contribution in [2.75, 3.05) is 13.6 Å². The lowest BCUT2D eigenvalue weighted by molar-refractivity contribution is -0.129. The standard InChI is InChI=1S/C19H32N2O/c1-21(13-18(22)20-17-5-3-2-4-6-17)19-10-14-7-15(11-19)9-16(8-14)12-19/h14-17H,2-13H2,1H3,(H,20,22). The molecular formula is C19H32N2O. The maximum Gasteiger partial charge on any atom is 0.234 e. The molecule has 4 bridgehead atoms. The topological polar surface area (TPSA) is 32.3 Å². The van der Waals surface area contributed by atoms with Crippen LogP contribution in [-0.2, 0) is 4.79 Å². The Kier molecular flexibility index (Phi) is 3.96. The second-order valence-corrected chi connectivity index (χ2v) is 8.90. The Balaban J connectivity index is 1.35. The van der Waals surface area contributed by atoms with Crippen LogP contribution in [0.1, 0.15) is 70.6 Å². The van der Waals surface area contributed by atoms with Gasteiger partial charge in [-0.3, -0.25) is 9.69 Å². The van der Waals surface area contributed by atoms with E-state index in [-0.39, 0.29) is 5.91 Å². The van der Waals surface area contributed by atoms with Gasteiger partial charge >= 0.3 is 0 Å². The summed E-state index contributed by atoms with van der Waals surface area (Å²) >= 11 is 0. The Morgan fingerprint density at radius 2 is 1.55 bits per heavy atom. The lowest BCUT2D eigenvalue weighted by Crippen LogP contribution is -2.60. The Bertz CT molecular complexity index is 392. The van der Waals surface area contributed by atoms with Crippen molar-refractivity contribution in [2.45, 2.75) is 82.2 Å². The van der Waals surface area contributed by atoms with Crippen LogP contribution in [0.5, 0.6) is 0 Å². The molecule has 0 heterocycles. The second-order valence-electron chi connectivity index (χ2n) is 8.90. The molecule has 0 spiro atoms. The van der Waals surface area contributed by atoms with E-state index in [2.05, 4.69) is 17.3 Å². The zero-order valence-electron chi connectivity index (χ0n) is 14.2. The molecule has 3 heteroatoms. The fraction of sp³-hybridized carbons (Fsp3) is 0.947. The average molecular weight is 304 g/mol. The minimum Gasteiger partial charge on any atom is -0.352 e. The molecule has 0 aromatic rings. The van der Waals surface area contributed by atoms with E-state index in [9.17, 15) is 4.79 Å². The van der Waals surface area contributed by atoms with Crippen molar-refractivity contribution in [2.24, 2.45) is 17.8 Å². The highest BCUT2D eigenvalue weighted by Crippen LogP contribution is 2.57. The summed E-state index contributed by atoms with van der Waals surface area (Å²) in [7, 11) is 2.22. The first-order valence-electron chi connectivity index (χ1n) is 9.63. The van der Waals surface area contributed by atoms with Crippen LogP contribution < -0.4 is 5.32 Å². The van der Waals surface area contributed by atoms with Gasteiger partial charge in [-0.25, -0.2) is 0 Å². The normalized spacial score (nSPS) is 41.1. The van der Waals surface area contributed by atoms with Crippen LogP contribution in [0.15, 0.2) is 0 Å². The van der Waals surface area contributed by atoms with Crippen molar-refractivity contribution in [1.82, 2.24) is 10.2 Å². The molecule has 0 aromatic carbocycles. The largest absolute Gasteiger partial charge is 0.352 e. The molecule has 5 rings (SSSR count). The maximum atomic E-state index is 12.5. The third kappa shape index (κ3) is 2.81. The molecule has 124 valence electrons. The molecule has 0 saturated heterocycles. The van der Waals surface area contributed by atoms with Crippen molar-refractivity contribution in [3.63, 3.8) is 0 Å². The molecule has 3 nitrogen and oxygen atoms in total. The fourth-order valence-electron chi connectivity index (χ4n) is 6.44. The van der Waals surface area contributed by atoms with Crippen molar-refractivity contribution in [3.05, 3.63) is 0 Å². The van der Waals surface area contributed by atoms with Gasteiger partial charge < -0.3 is 5.32 Å². The van der Waals surface area contributed by atoms with Gasteiger partial charge in [0.05, 0.1) is 6.54 Å². The minimum absolute atomic E-state index is 0.269. The van der Waals surface area contributed by atoms with Gasteiger partial charge in [-0.05, 0) is 76.2 Å². The van der Waals surface area contributed by atoms with Crippen LogP contribution in [-0.4, -0.2) is 36.0 Å². The summed E-state index contributed by atoms with van der Waals surface area (Å²) in [6.07, 6.45) is 14.8. The zero-order valence-corrected chi connectivity index (χ0v) is 14.2. The number of carbonyl (C=O) groups is 1. The van der Waals surface area contributed by atoms with Crippen LogP contribution >= 0.6 is 0 Å². The van der Waals surface area contributed by atoms with E-state index in [4.69, 9.17) is 0 Å². The van der Waals surface area contributed by atoms with Crippen molar-refractivity contribution in [3.8, 4) is 0 Å². The lowest BCUT2D eigenvalue weighted by Gasteiger charge is -2.59. The Morgan fingerprint density at radius 1 is 1.00 bits per heavy atom. The van der Waals surface area contributed by atoms with Gasteiger partial charge in [0, 0.05) is 11.6 Å². The van der Waals surface area contributed by atoms with Gasteiger partial charge in [0.2, 0.25) is 5.91 Å². The molecule has 0 atom stereocenters. The highest BCUT2D eigenvalue weighted by Gasteiger charge is 2.52. The number of rotatable bonds is 4. The average Bonchev–Trinajstić information content (AvgIpc) is 2.46. The molecule has 1 amide bonds. The minimum atomic E-state index is 0.269. The van der Waals surface area contributed by atoms with Crippen molar-refractivity contribution in [1.29, 1.82) is 0 Å². The van der Waals surface area contributed by atoms with Crippen molar-refractivity contribution < 1.29 is 4.79 Å². The number of nitrogens with zero attached hydrogens (tertiary/aromatic N) is 1. The SMILES string of the molecule is CN(CC(=O)NC1CCCCC1)C12CC3CC(CC(C3)C1)C2. The zero-order chi connectivity index (χ0) is 15.2. The second kappa shape index (κ2) is 5.81. The van der Waals surface area contributed by atoms with Gasteiger partial charge in [0.25, 0.3) is 0 Å². The van der Waals surface area contributed by atoms with Crippen LogP contribution in [0.25, 0.3) is 0 Å². The first-order chi connectivity index (χ1) is 10.6. The summed E-state index contributed by atoms with van der Waals surface area (Å²) in [5.41, 5.74) is 0.360. The highest BCUT2D eigenvalue weighted by molar-refractivity contribution is 5.78. The molecule has 5 fully saturated rings. The lowest BCUT2D eigenvalue weighted by atomic mass is 9.52. The summed E-state index contributed by atoms with van der Waals surface area (Å²) in [4.78, 5) is 14.9. The Morgan fingerprint density at radius 3 is 2.09 bits per heavy atom. The summed E-state index contributed by atoms with van der Waals surface area (Å²) in [5.74, 6) is 3.13. The number of likely N-dealkylation sites (N-methyl/N-ethyl adjacent to an activating group) is 1. The number of carbonyl (C=O) groups excluding carboxylic acids is 1. The van der Waals surface area contributed by atoms with Crippen LogP contribution in [0, 0.1) is 17.8 Å². The number of nitrogens with one attached hydrogen (secondary N) is 1. The number of amides is 1. The molecule has 0 radical (unpaired) electrons. The molecule has 5 aliphatic rings. The molecule has 5 saturated carbocycles. The number of hydrogen-bond donors (Lipinski definition) is 1. The molecule has 1 N–H and O–H groups in total. The Hall–Kier alpha value is -0.570. The predicted molar refractivity (Wildman–Crippen MR) is 88.5 cm³/mol. The van der Waals surface area contributed by atoms with E-state index in [0.717, 1.165) is 17.8 Å². The van der Waals surface area contributed by atoms with Gasteiger partial charge in [-0.1, -0.05) is 19.3 Å². The third-order valence-electron chi connectivity index (χ3n) is 7.17. The van der Waals surface area contributed by atoms with E-state index in [0.29, 0.717) is 18.1 Å². The highest BCUT2D eigenvalue weighted by atomic mass is 16.2. The summed E-state index contributed by atoms with van der Waals surface area (Å²) in [6.45, 7) is 0.614. The van der Waals surface area contributed by atoms with Gasteiger partial charge in [-0.15, -0.1) is 0 Å². The monoisotopic (exact) mass is 304 g/mol. The van der Waals surface area contributed by atoms with Crippen LogP contribution in [0.3, 0.4) is 0 Å². The molecule has 0 unspecified atom stereocenters. The predicted octanol–water partition coefficient (Wildman–Crippen LogP) is 3.34. The van der Waals surface area contributed by atoms with Gasteiger partial charge in [0.15, 0.2) is 0 Å². The fourth-order valence-corrected chi connectivity index (χ4v) is 6.44. The van der Waals surface area contributed by atoms with Crippen LogP contribution in [0.4, 0.5) is 0 Å². The van der Waals surface area contributed by atoms with E-state index in [1.165, 1.54) is 70.6 Å². The molecule has 0 aromatic heterocycles. The van der Waals surface area contributed by atoms with E-state index < -0.39 is 0 Å². The maximum absolute atomic E-state index is 12.5. The molecule has 0 aliphatic heterocycles. The van der Waals surface area contributed by atoms with E-state index in [1.54, 1.807) is 0 Å². The molecule has 5 aliphatic carbocycles. The van der Waals surface area contributed by atoms with Crippen LogP contribution in [0.2, 0.25) is 0 Å². The smallest absolute Gasteiger partial charge is 0.234 e. The first-order valence-corrected chi connectivity index (χ1v) is 9.63. The molecule has 22 heavy (non-hydrogen) atoms. The number of hydrogen-bond acceptors (Lipinski definition) is 2. The molecular weight excluding hydrogens is 272 g/mol. The summed E-state index contributed by atoms with van der Waals surface area (Å²) in [5, 5.41) is 3.30. The third-order valence-corrected chi connectivity index (χ3v) is 7.17. The Labute approximate surface area is 135 Å². The quantitative estimate of drug-likeness (QED) is 0.864. The summed E-state index contributed by atoms with van der Waals surface area (Å²) < 4.78 is 0. The van der Waals surface area contributed by atoms with Gasteiger partial charge in [0.1, 0.15) is 0 Å². The van der Waals surface area contributed by atoms with Crippen molar-refractivity contribution >= 4 is 5.91 Å². The summed E-state index contributed by atoms with van der Waals surface area (Å²) in [6, 6.07) is 0.450. The first kappa shape index (κ1) is 15.0.